The molecule has 108 valence electrons. The second-order valence-corrected chi connectivity index (χ2v) is 7.44. The van der Waals surface area contributed by atoms with Gasteiger partial charge >= 0.3 is 0 Å². The third-order valence-corrected chi connectivity index (χ3v) is 4.36. The third kappa shape index (κ3) is 3.22. The van der Waals surface area contributed by atoms with Crippen molar-refractivity contribution >= 4 is 0 Å². The summed E-state index contributed by atoms with van der Waals surface area (Å²) in [6.45, 7) is 12.4. The molecule has 1 aliphatic rings. The van der Waals surface area contributed by atoms with Crippen LogP contribution in [0.2, 0.25) is 0 Å². The number of fused-ring (bicyclic) bond motifs is 1. The zero-order chi connectivity index (χ0) is 14.2. The number of aromatic nitrogens is 1. The highest BCUT2D eigenvalue weighted by Gasteiger charge is 2.33. The molecule has 1 aromatic heterocycles. The molecule has 0 bridgehead atoms. The average molecular weight is 263 g/mol. The van der Waals surface area contributed by atoms with Gasteiger partial charge in [0.05, 0.1) is 6.10 Å². The van der Waals surface area contributed by atoms with Gasteiger partial charge in [0.15, 0.2) is 0 Å². The molecule has 0 saturated carbocycles. The molecule has 19 heavy (non-hydrogen) atoms. The number of aryl methyl sites for hydroxylation is 1. The molecule has 0 fully saturated rings. The van der Waals surface area contributed by atoms with Crippen LogP contribution in [-0.4, -0.2) is 9.67 Å². The van der Waals surface area contributed by atoms with Crippen LogP contribution in [0.15, 0.2) is 6.07 Å². The van der Waals surface area contributed by atoms with E-state index in [0.717, 1.165) is 25.3 Å². The van der Waals surface area contributed by atoms with Crippen molar-refractivity contribution < 1.29 is 5.11 Å². The molecule has 0 spiro atoms. The average Bonchev–Trinajstić information content (AvgIpc) is 2.55. The lowest BCUT2D eigenvalue weighted by atomic mass is 9.75. The van der Waals surface area contributed by atoms with E-state index in [1.165, 1.54) is 29.8 Å². The molecule has 1 N–H and O–H groups in total. The van der Waals surface area contributed by atoms with Crippen LogP contribution in [0.3, 0.4) is 0 Å². The van der Waals surface area contributed by atoms with Gasteiger partial charge in [0.1, 0.15) is 0 Å². The number of aliphatic hydroxyl groups excluding tert-OH is 1. The summed E-state index contributed by atoms with van der Waals surface area (Å²) in [5, 5.41) is 10.3. The molecular weight excluding hydrogens is 234 g/mol. The van der Waals surface area contributed by atoms with Crippen LogP contribution < -0.4 is 0 Å². The van der Waals surface area contributed by atoms with Gasteiger partial charge in [0, 0.05) is 23.5 Å². The van der Waals surface area contributed by atoms with Gasteiger partial charge in [-0.3, -0.25) is 0 Å². The fourth-order valence-corrected chi connectivity index (χ4v) is 3.37. The van der Waals surface area contributed by atoms with Crippen molar-refractivity contribution in [1.82, 2.24) is 4.57 Å². The van der Waals surface area contributed by atoms with E-state index < -0.39 is 0 Å². The lowest BCUT2D eigenvalue weighted by molar-refractivity contribution is 0.0979. The summed E-state index contributed by atoms with van der Waals surface area (Å²) in [7, 11) is 0. The molecule has 1 aromatic rings. The summed E-state index contributed by atoms with van der Waals surface area (Å²) in [4.78, 5) is 0. The van der Waals surface area contributed by atoms with Crippen LogP contribution in [0.1, 0.15) is 70.0 Å². The first-order chi connectivity index (χ1) is 8.80. The van der Waals surface area contributed by atoms with Gasteiger partial charge in [-0.1, -0.05) is 27.7 Å². The Bertz CT molecular complexity index is 442. The lowest BCUT2D eigenvalue weighted by Gasteiger charge is -2.34. The summed E-state index contributed by atoms with van der Waals surface area (Å²) in [5.41, 5.74) is 4.09. The van der Waals surface area contributed by atoms with Crippen LogP contribution in [0, 0.1) is 18.3 Å². The molecule has 1 heterocycles. The third-order valence-electron chi connectivity index (χ3n) is 4.36. The smallest absolute Gasteiger partial charge is 0.0812 e. The number of hydrogen-bond acceptors (Lipinski definition) is 1. The van der Waals surface area contributed by atoms with Crippen LogP contribution >= 0.6 is 0 Å². The van der Waals surface area contributed by atoms with Crippen molar-refractivity contribution in [3.63, 3.8) is 0 Å². The van der Waals surface area contributed by atoms with Crippen molar-refractivity contribution in [1.29, 1.82) is 0 Å². The quantitative estimate of drug-likeness (QED) is 0.863. The second-order valence-electron chi connectivity index (χ2n) is 7.44. The number of aliphatic hydroxyl groups is 1. The van der Waals surface area contributed by atoms with E-state index in [1.807, 2.05) is 0 Å². The van der Waals surface area contributed by atoms with E-state index >= 15 is 0 Å². The standard InChI is InChI=1S/C17H29NO/c1-12(2)7-6-8-18-13(3)9-14-15(18)10-17(4,5)11-16(14)19/h9,12,16,19H,6-8,10-11H2,1-5H3. The van der Waals surface area contributed by atoms with E-state index in [4.69, 9.17) is 0 Å². The predicted molar refractivity (Wildman–Crippen MR) is 80.3 cm³/mol. The normalized spacial score (nSPS) is 21.7. The molecule has 2 rings (SSSR count). The zero-order valence-electron chi connectivity index (χ0n) is 13.2. The van der Waals surface area contributed by atoms with Crippen LogP contribution in [0.5, 0.6) is 0 Å². The van der Waals surface area contributed by atoms with E-state index in [2.05, 4.69) is 45.3 Å². The Morgan fingerprint density at radius 2 is 2.11 bits per heavy atom. The highest BCUT2D eigenvalue weighted by atomic mass is 16.3. The van der Waals surface area contributed by atoms with Gasteiger partial charge in [-0.25, -0.2) is 0 Å². The maximum absolute atomic E-state index is 10.3. The molecule has 0 saturated heterocycles. The SMILES string of the molecule is Cc1cc2c(n1CCCC(C)C)CC(C)(C)CC2O. The van der Waals surface area contributed by atoms with Gasteiger partial charge in [-0.05, 0) is 50.0 Å². The Kier molecular flexibility index (Phi) is 4.10. The van der Waals surface area contributed by atoms with Crippen molar-refractivity contribution in [3.8, 4) is 0 Å². The summed E-state index contributed by atoms with van der Waals surface area (Å²) < 4.78 is 2.45. The molecule has 0 aromatic carbocycles. The van der Waals surface area contributed by atoms with E-state index in [0.29, 0.717) is 0 Å². The highest BCUT2D eigenvalue weighted by molar-refractivity contribution is 5.33. The van der Waals surface area contributed by atoms with Crippen molar-refractivity contribution in [2.45, 2.75) is 73.0 Å². The van der Waals surface area contributed by atoms with Crippen molar-refractivity contribution in [2.24, 2.45) is 11.3 Å². The van der Waals surface area contributed by atoms with Gasteiger partial charge in [-0.15, -0.1) is 0 Å². The topological polar surface area (TPSA) is 25.2 Å². The predicted octanol–water partition coefficient (Wildman–Crippen LogP) is 4.24. The summed E-state index contributed by atoms with van der Waals surface area (Å²) in [5.74, 6) is 0.772. The first-order valence-corrected chi connectivity index (χ1v) is 7.67. The van der Waals surface area contributed by atoms with Gasteiger partial charge < -0.3 is 9.67 Å². The first kappa shape index (κ1) is 14.6. The van der Waals surface area contributed by atoms with Crippen molar-refractivity contribution in [3.05, 3.63) is 23.0 Å². The minimum absolute atomic E-state index is 0.215. The van der Waals surface area contributed by atoms with Crippen LogP contribution in [0.25, 0.3) is 0 Å². The molecule has 1 atom stereocenters. The molecule has 0 radical (unpaired) electrons. The molecule has 0 amide bonds. The summed E-state index contributed by atoms with van der Waals surface area (Å²) in [6.07, 6.45) is 4.21. The number of rotatable bonds is 4. The summed E-state index contributed by atoms with van der Waals surface area (Å²) in [6, 6.07) is 2.20. The fraction of sp³-hybridized carbons (Fsp3) is 0.765. The Hall–Kier alpha value is -0.760. The zero-order valence-corrected chi connectivity index (χ0v) is 13.2. The second kappa shape index (κ2) is 5.32. The molecule has 2 nitrogen and oxygen atoms in total. The Morgan fingerprint density at radius 1 is 1.42 bits per heavy atom. The monoisotopic (exact) mass is 263 g/mol. The van der Waals surface area contributed by atoms with Crippen LogP contribution in [-0.2, 0) is 13.0 Å². The first-order valence-electron chi connectivity index (χ1n) is 7.67. The van der Waals surface area contributed by atoms with Gasteiger partial charge in [0.25, 0.3) is 0 Å². The van der Waals surface area contributed by atoms with Crippen LogP contribution in [0.4, 0.5) is 0 Å². The Labute approximate surface area is 117 Å². The number of hydrogen-bond donors (Lipinski definition) is 1. The maximum atomic E-state index is 10.3. The molecular formula is C17H29NO. The molecule has 0 aliphatic heterocycles. The maximum Gasteiger partial charge on any atom is 0.0812 e. The molecule has 2 heteroatoms. The molecule has 1 unspecified atom stereocenters. The molecule has 1 aliphatic carbocycles. The van der Waals surface area contributed by atoms with E-state index in [-0.39, 0.29) is 11.5 Å². The Morgan fingerprint density at radius 3 is 2.74 bits per heavy atom. The lowest BCUT2D eigenvalue weighted by Crippen LogP contribution is -2.27. The van der Waals surface area contributed by atoms with Crippen molar-refractivity contribution in [2.75, 3.05) is 0 Å². The van der Waals surface area contributed by atoms with Gasteiger partial charge in [-0.2, -0.15) is 0 Å². The highest BCUT2D eigenvalue weighted by Crippen LogP contribution is 2.42. The van der Waals surface area contributed by atoms with E-state index in [9.17, 15) is 5.11 Å². The minimum atomic E-state index is -0.274. The number of nitrogens with zero attached hydrogens (tertiary/aromatic N) is 1. The fourth-order valence-electron chi connectivity index (χ4n) is 3.37. The summed E-state index contributed by atoms with van der Waals surface area (Å²) >= 11 is 0. The minimum Gasteiger partial charge on any atom is -0.388 e. The largest absolute Gasteiger partial charge is 0.388 e. The van der Waals surface area contributed by atoms with E-state index in [1.54, 1.807) is 0 Å². The Balaban J connectivity index is 2.21. The van der Waals surface area contributed by atoms with Gasteiger partial charge in [0.2, 0.25) is 0 Å².